The second-order valence-electron chi connectivity index (χ2n) is 5.97. The van der Waals surface area contributed by atoms with E-state index in [2.05, 4.69) is 11.4 Å². The molecule has 0 bridgehead atoms. The molecule has 0 radical (unpaired) electrons. The lowest BCUT2D eigenvalue weighted by atomic mass is 9.74. The third-order valence-corrected chi connectivity index (χ3v) is 4.75. The molecule has 1 aromatic rings. The molecule has 1 heterocycles. The fraction of sp³-hybridized carbons (Fsp3) is 0.611. The summed E-state index contributed by atoms with van der Waals surface area (Å²) in [7, 11) is 0. The van der Waals surface area contributed by atoms with Crippen LogP contribution in [0.25, 0.3) is 0 Å². The second kappa shape index (κ2) is 8.67. The van der Waals surface area contributed by atoms with Crippen molar-refractivity contribution >= 4 is 17.5 Å². The minimum absolute atomic E-state index is 0.0396. The van der Waals surface area contributed by atoms with Crippen LogP contribution in [0.1, 0.15) is 38.7 Å². The summed E-state index contributed by atoms with van der Waals surface area (Å²) in [6, 6.07) is 7.92. The minimum Gasteiger partial charge on any atom is -0.381 e. The summed E-state index contributed by atoms with van der Waals surface area (Å²) < 4.78 is 11.0. The van der Waals surface area contributed by atoms with Crippen molar-refractivity contribution in [2.24, 2.45) is 0 Å². The maximum atomic E-state index is 12.4. The van der Waals surface area contributed by atoms with Crippen molar-refractivity contribution in [2.45, 2.75) is 44.6 Å². The Labute approximate surface area is 143 Å². The standard InChI is InChI=1S/C18H26ClNO3/c1-3-16(23-4-2)17(21)20-13-18(8-10-22-11-9-18)14-6-5-7-15(19)12-14/h5-7,12,16H,3-4,8-11,13H2,1-2H3,(H,20,21)/t16-/m1/s1. The molecule has 1 aromatic carbocycles. The normalized spacial score (nSPS) is 18.4. The van der Waals surface area contributed by atoms with Crippen molar-refractivity contribution in [1.29, 1.82) is 0 Å². The van der Waals surface area contributed by atoms with Gasteiger partial charge in [-0.05, 0) is 43.9 Å². The minimum atomic E-state index is -0.378. The molecule has 1 saturated heterocycles. The number of rotatable bonds is 7. The van der Waals surface area contributed by atoms with Gasteiger partial charge in [-0.15, -0.1) is 0 Å². The first-order valence-corrected chi connectivity index (χ1v) is 8.72. The monoisotopic (exact) mass is 339 g/mol. The highest BCUT2D eigenvalue weighted by molar-refractivity contribution is 6.30. The number of benzene rings is 1. The van der Waals surface area contributed by atoms with Crippen molar-refractivity contribution in [3.63, 3.8) is 0 Å². The van der Waals surface area contributed by atoms with Gasteiger partial charge in [0.1, 0.15) is 6.10 Å². The summed E-state index contributed by atoms with van der Waals surface area (Å²) in [5, 5.41) is 3.81. The van der Waals surface area contributed by atoms with Gasteiger partial charge in [-0.2, -0.15) is 0 Å². The molecule has 1 atom stereocenters. The molecular weight excluding hydrogens is 314 g/mol. The van der Waals surface area contributed by atoms with E-state index in [1.54, 1.807) is 0 Å². The number of ether oxygens (including phenoxy) is 2. The van der Waals surface area contributed by atoms with Crippen LogP contribution in [0.3, 0.4) is 0 Å². The number of halogens is 1. The zero-order valence-electron chi connectivity index (χ0n) is 13.9. The molecule has 5 heteroatoms. The predicted octanol–water partition coefficient (Wildman–Crippen LogP) is 3.32. The van der Waals surface area contributed by atoms with Gasteiger partial charge in [0.05, 0.1) is 0 Å². The highest BCUT2D eigenvalue weighted by Crippen LogP contribution is 2.35. The van der Waals surface area contributed by atoms with E-state index < -0.39 is 0 Å². The number of hydrogen-bond donors (Lipinski definition) is 1. The van der Waals surface area contributed by atoms with Crippen molar-refractivity contribution in [1.82, 2.24) is 5.32 Å². The van der Waals surface area contributed by atoms with Crippen LogP contribution >= 0.6 is 11.6 Å². The zero-order chi connectivity index (χ0) is 16.7. The van der Waals surface area contributed by atoms with E-state index in [0.717, 1.165) is 23.4 Å². The van der Waals surface area contributed by atoms with Crippen LogP contribution in [0.15, 0.2) is 24.3 Å². The Morgan fingerprint density at radius 3 is 2.74 bits per heavy atom. The van der Waals surface area contributed by atoms with Crippen molar-refractivity contribution in [3.05, 3.63) is 34.9 Å². The molecule has 0 unspecified atom stereocenters. The number of carbonyl (C=O) groups excluding carboxylic acids is 1. The van der Waals surface area contributed by atoms with Gasteiger partial charge in [-0.25, -0.2) is 0 Å². The smallest absolute Gasteiger partial charge is 0.249 e. The summed E-state index contributed by atoms with van der Waals surface area (Å²) in [6.45, 7) is 6.39. The van der Waals surface area contributed by atoms with E-state index in [9.17, 15) is 4.79 Å². The SMILES string of the molecule is CCO[C@H](CC)C(=O)NCC1(c2cccc(Cl)c2)CCOCC1. The molecule has 1 fully saturated rings. The van der Waals surface area contributed by atoms with Crippen molar-refractivity contribution in [3.8, 4) is 0 Å². The first-order chi connectivity index (χ1) is 11.1. The second-order valence-corrected chi connectivity index (χ2v) is 6.41. The molecule has 4 nitrogen and oxygen atoms in total. The molecule has 0 aliphatic carbocycles. The number of hydrogen-bond acceptors (Lipinski definition) is 3. The molecule has 0 saturated carbocycles. The fourth-order valence-corrected chi connectivity index (χ4v) is 3.29. The largest absolute Gasteiger partial charge is 0.381 e. The van der Waals surface area contributed by atoms with E-state index in [1.807, 2.05) is 32.0 Å². The van der Waals surface area contributed by atoms with Crippen LogP contribution in [-0.4, -0.2) is 38.4 Å². The predicted molar refractivity (Wildman–Crippen MR) is 91.9 cm³/mol. The van der Waals surface area contributed by atoms with Gasteiger partial charge in [0.25, 0.3) is 0 Å². The average Bonchev–Trinajstić information content (AvgIpc) is 2.58. The molecular formula is C18H26ClNO3. The lowest BCUT2D eigenvalue weighted by Crippen LogP contribution is -2.47. The Morgan fingerprint density at radius 1 is 1.39 bits per heavy atom. The quantitative estimate of drug-likeness (QED) is 0.829. The Kier molecular flexibility index (Phi) is 6.88. The Morgan fingerprint density at radius 2 is 2.13 bits per heavy atom. The Bertz CT molecular complexity index is 515. The van der Waals surface area contributed by atoms with Crippen molar-refractivity contribution in [2.75, 3.05) is 26.4 Å². The lowest BCUT2D eigenvalue weighted by molar-refractivity contribution is -0.133. The molecule has 1 N–H and O–H groups in total. The third kappa shape index (κ3) is 4.69. The van der Waals surface area contributed by atoms with Gasteiger partial charge in [0, 0.05) is 36.8 Å². The summed E-state index contributed by atoms with van der Waals surface area (Å²) in [5.74, 6) is -0.0396. The van der Waals surface area contributed by atoms with Crippen LogP contribution in [0.5, 0.6) is 0 Å². The molecule has 0 aromatic heterocycles. The van der Waals surface area contributed by atoms with Crippen LogP contribution in [0.4, 0.5) is 0 Å². The Balaban J connectivity index is 2.11. The van der Waals surface area contributed by atoms with Gasteiger partial charge in [-0.1, -0.05) is 30.7 Å². The zero-order valence-corrected chi connectivity index (χ0v) is 14.7. The molecule has 2 rings (SSSR count). The molecule has 1 aliphatic rings. The van der Waals surface area contributed by atoms with E-state index >= 15 is 0 Å². The molecule has 128 valence electrons. The van der Waals surface area contributed by atoms with Crippen molar-refractivity contribution < 1.29 is 14.3 Å². The maximum Gasteiger partial charge on any atom is 0.249 e. The summed E-state index contributed by atoms with van der Waals surface area (Å²) in [6.07, 6.45) is 2.04. The van der Waals surface area contributed by atoms with Gasteiger partial charge in [0.2, 0.25) is 5.91 Å². The third-order valence-electron chi connectivity index (χ3n) is 4.52. The summed E-state index contributed by atoms with van der Waals surface area (Å²) in [4.78, 5) is 12.4. The van der Waals surface area contributed by atoms with Crippen LogP contribution in [0.2, 0.25) is 5.02 Å². The van der Waals surface area contributed by atoms with E-state index in [4.69, 9.17) is 21.1 Å². The maximum absolute atomic E-state index is 12.4. The van der Waals surface area contributed by atoms with Gasteiger partial charge < -0.3 is 14.8 Å². The first-order valence-electron chi connectivity index (χ1n) is 8.34. The number of amides is 1. The average molecular weight is 340 g/mol. The molecule has 0 spiro atoms. The van der Waals surface area contributed by atoms with Gasteiger partial charge in [-0.3, -0.25) is 4.79 Å². The Hall–Kier alpha value is -1.10. The first kappa shape index (κ1) is 18.2. The highest BCUT2D eigenvalue weighted by Gasteiger charge is 2.35. The topological polar surface area (TPSA) is 47.6 Å². The van der Waals surface area contributed by atoms with E-state index in [-0.39, 0.29) is 17.4 Å². The fourth-order valence-electron chi connectivity index (χ4n) is 3.10. The number of nitrogens with one attached hydrogen (secondary N) is 1. The molecule has 23 heavy (non-hydrogen) atoms. The van der Waals surface area contributed by atoms with Crippen LogP contribution < -0.4 is 5.32 Å². The van der Waals surface area contributed by atoms with E-state index in [0.29, 0.717) is 32.8 Å². The summed E-state index contributed by atoms with van der Waals surface area (Å²) in [5.41, 5.74) is 1.04. The van der Waals surface area contributed by atoms with Gasteiger partial charge >= 0.3 is 0 Å². The van der Waals surface area contributed by atoms with E-state index in [1.165, 1.54) is 0 Å². The van der Waals surface area contributed by atoms with Crippen LogP contribution in [0, 0.1) is 0 Å². The van der Waals surface area contributed by atoms with Crippen LogP contribution in [-0.2, 0) is 19.7 Å². The lowest BCUT2D eigenvalue weighted by Gasteiger charge is -2.38. The molecule has 1 aliphatic heterocycles. The number of carbonyl (C=O) groups is 1. The molecule has 1 amide bonds. The van der Waals surface area contributed by atoms with Gasteiger partial charge in [0.15, 0.2) is 0 Å². The summed E-state index contributed by atoms with van der Waals surface area (Å²) >= 11 is 6.16. The highest BCUT2D eigenvalue weighted by atomic mass is 35.5.